The van der Waals surface area contributed by atoms with E-state index >= 15 is 0 Å². The van der Waals surface area contributed by atoms with Crippen LogP contribution in [0.4, 0.5) is 0 Å². The summed E-state index contributed by atoms with van der Waals surface area (Å²) in [5, 5.41) is 0. The first-order valence-corrected chi connectivity index (χ1v) is 8.49. The normalized spacial score (nSPS) is 20.3. The zero-order valence-electron chi connectivity index (χ0n) is 14.3. The molecule has 124 valence electrons. The average molecular weight is 314 g/mol. The number of nitrogens with zero attached hydrogens (tertiary/aromatic N) is 2. The number of benzene rings is 1. The molecule has 1 aromatic rings. The van der Waals surface area contributed by atoms with Gasteiger partial charge in [-0.2, -0.15) is 0 Å². The topological polar surface area (TPSA) is 40.6 Å². The molecule has 23 heavy (non-hydrogen) atoms. The highest BCUT2D eigenvalue weighted by atomic mass is 16.2. The predicted octanol–water partition coefficient (Wildman–Crippen LogP) is 2.44. The van der Waals surface area contributed by atoms with Gasteiger partial charge in [-0.25, -0.2) is 0 Å². The van der Waals surface area contributed by atoms with Crippen molar-refractivity contribution in [2.24, 2.45) is 5.41 Å². The van der Waals surface area contributed by atoms with Crippen molar-refractivity contribution >= 4 is 11.8 Å². The van der Waals surface area contributed by atoms with Crippen molar-refractivity contribution in [3.63, 3.8) is 0 Å². The number of hydrogen-bond acceptors (Lipinski definition) is 2. The molecule has 1 saturated heterocycles. The summed E-state index contributed by atoms with van der Waals surface area (Å²) in [6, 6.07) is 10.1. The van der Waals surface area contributed by atoms with Crippen LogP contribution in [0.15, 0.2) is 30.3 Å². The van der Waals surface area contributed by atoms with Gasteiger partial charge < -0.3 is 9.80 Å². The fourth-order valence-corrected chi connectivity index (χ4v) is 3.40. The SMILES string of the molecule is CC(C)(C)C(=O)N1CCN(C(=O)C2(c3ccccc3)CC2)CC1. The Hall–Kier alpha value is -1.84. The van der Waals surface area contributed by atoms with Gasteiger partial charge >= 0.3 is 0 Å². The van der Waals surface area contributed by atoms with E-state index in [1.165, 1.54) is 0 Å². The lowest BCUT2D eigenvalue weighted by Crippen LogP contribution is -2.54. The first-order valence-electron chi connectivity index (χ1n) is 8.49. The summed E-state index contributed by atoms with van der Waals surface area (Å²) in [4.78, 5) is 29.2. The molecule has 4 heteroatoms. The van der Waals surface area contributed by atoms with Gasteiger partial charge in [0.2, 0.25) is 11.8 Å². The van der Waals surface area contributed by atoms with E-state index in [4.69, 9.17) is 0 Å². The molecule has 4 nitrogen and oxygen atoms in total. The molecule has 1 aromatic carbocycles. The largest absolute Gasteiger partial charge is 0.339 e. The van der Waals surface area contributed by atoms with Crippen LogP contribution < -0.4 is 0 Å². The molecule has 0 bridgehead atoms. The minimum Gasteiger partial charge on any atom is -0.339 e. The second kappa shape index (κ2) is 5.66. The van der Waals surface area contributed by atoms with Crippen molar-refractivity contribution in [2.45, 2.75) is 39.0 Å². The summed E-state index contributed by atoms with van der Waals surface area (Å²) in [6.45, 7) is 8.42. The van der Waals surface area contributed by atoms with Crippen LogP contribution in [0.2, 0.25) is 0 Å². The molecule has 2 aliphatic rings. The van der Waals surface area contributed by atoms with Crippen molar-refractivity contribution < 1.29 is 9.59 Å². The zero-order valence-corrected chi connectivity index (χ0v) is 14.3. The molecule has 1 heterocycles. The molecule has 0 spiro atoms. The minimum atomic E-state index is -0.353. The number of carbonyl (C=O) groups is 2. The third kappa shape index (κ3) is 2.99. The Morgan fingerprint density at radius 3 is 1.91 bits per heavy atom. The average Bonchev–Trinajstić information content (AvgIpc) is 3.35. The maximum absolute atomic E-state index is 13.0. The van der Waals surface area contributed by atoms with Gasteiger partial charge in [0.25, 0.3) is 0 Å². The second-order valence-corrected chi connectivity index (χ2v) is 7.78. The number of amides is 2. The molecule has 0 N–H and O–H groups in total. The van der Waals surface area contributed by atoms with E-state index in [1.54, 1.807) is 0 Å². The first kappa shape index (κ1) is 16.0. The molecule has 2 amide bonds. The molecule has 1 saturated carbocycles. The summed E-state index contributed by atoms with van der Waals surface area (Å²) in [7, 11) is 0. The van der Waals surface area contributed by atoms with Crippen molar-refractivity contribution in [1.29, 1.82) is 0 Å². The van der Waals surface area contributed by atoms with Gasteiger partial charge in [0.05, 0.1) is 5.41 Å². The summed E-state index contributed by atoms with van der Waals surface area (Å²) >= 11 is 0. The lowest BCUT2D eigenvalue weighted by Gasteiger charge is -2.39. The maximum atomic E-state index is 13.0. The summed E-state index contributed by atoms with van der Waals surface area (Å²) in [6.07, 6.45) is 1.88. The van der Waals surface area contributed by atoms with Crippen LogP contribution in [0.5, 0.6) is 0 Å². The third-order valence-electron chi connectivity index (χ3n) is 4.98. The molecule has 0 unspecified atom stereocenters. The number of rotatable bonds is 2. The summed E-state index contributed by atoms with van der Waals surface area (Å²) in [5.41, 5.74) is 0.490. The van der Waals surface area contributed by atoms with Gasteiger partial charge in [-0.1, -0.05) is 51.1 Å². The van der Waals surface area contributed by atoms with Crippen molar-refractivity contribution in [2.75, 3.05) is 26.2 Å². The van der Waals surface area contributed by atoms with Crippen LogP contribution in [-0.4, -0.2) is 47.8 Å². The number of carbonyl (C=O) groups excluding carboxylic acids is 2. The van der Waals surface area contributed by atoms with Gasteiger partial charge in [0.15, 0.2) is 0 Å². The Morgan fingerprint density at radius 1 is 0.913 bits per heavy atom. The van der Waals surface area contributed by atoms with E-state index in [2.05, 4.69) is 12.1 Å². The monoisotopic (exact) mass is 314 g/mol. The van der Waals surface area contributed by atoms with E-state index in [-0.39, 0.29) is 22.6 Å². The van der Waals surface area contributed by atoms with E-state index in [9.17, 15) is 9.59 Å². The molecule has 1 aliphatic heterocycles. The van der Waals surface area contributed by atoms with E-state index in [0.717, 1.165) is 18.4 Å². The highest BCUT2D eigenvalue weighted by molar-refractivity contribution is 5.91. The Labute approximate surface area is 138 Å². The molecule has 0 radical (unpaired) electrons. The van der Waals surface area contributed by atoms with Gasteiger partial charge in [-0.15, -0.1) is 0 Å². The van der Waals surface area contributed by atoms with E-state index < -0.39 is 0 Å². The summed E-state index contributed by atoms with van der Waals surface area (Å²) < 4.78 is 0. The fraction of sp³-hybridized carbons (Fsp3) is 0.579. The Bertz CT molecular complexity index is 592. The Morgan fingerprint density at radius 2 is 1.43 bits per heavy atom. The molecular formula is C19H26N2O2. The minimum absolute atomic E-state index is 0.175. The van der Waals surface area contributed by atoms with Crippen molar-refractivity contribution in [3.05, 3.63) is 35.9 Å². The van der Waals surface area contributed by atoms with Crippen LogP contribution in [-0.2, 0) is 15.0 Å². The molecule has 2 fully saturated rings. The highest BCUT2D eigenvalue weighted by Crippen LogP contribution is 2.49. The predicted molar refractivity (Wildman–Crippen MR) is 90.0 cm³/mol. The number of piperazine rings is 1. The molecule has 1 aliphatic carbocycles. The standard InChI is InChI=1S/C19H26N2O2/c1-18(2,3)16(22)20-11-13-21(14-12-20)17(23)19(9-10-19)15-7-5-4-6-8-15/h4-8H,9-14H2,1-3H3. The fourth-order valence-electron chi connectivity index (χ4n) is 3.40. The van der Waals surface area contributed by atoms with Crippen LogP contribution >= 0.6 is 0 Å². The van der Waals surface area contributed by atoms with Crippen molar-refractivity contribution in [3.8, 4) is 0 Å². The first-order chi connectivity index (χ1) is 10.8. The Kier molecular flexibility index (Phi) is 3.95. The quantitative estimate of drug-likeness (QED) is 0.841. The highest BCUT2D eigenvalue weighted by Gasteiger charge is 2.53. The van der Waals surface area contributed by atoms with Crippen LogP contribution in [0.1, 0.15) is 39.2 Å². The lowest BCUT2D eigenvalue weighted by atomic mass is 9.93. The zero-order chi connectivity index (χ0) is 16.7. The van der Waals surface area contributed by atoms with Gasteiger partial charge in [-0.05, 0) is 18.4 Å². The van der Waals surface area contributed by atoms with E-state index in [1.807, 2.05) is 48.8 Å². The van der Waals surface area contributed by atoms with Crippen LogP contribution in [0, 0.1) is 5.41 Å². The van der Waals surface area contributed by atoms with Crippen LogP contribution in [0.3, 0.4) is 0 Å². The molecule has 3 rings (SSSR count). The van der Waals surface area contributed by atoms with Gasteiger partial charge in [0.1, 0.15) is 0 Å². The molecule has 0 atom stereocenters. The lowest BCUT2D eigenvalue weighted by molar-refractivity contribution is -0.145. The molecular weight excluding hydrogens is 288 g/mol. The Balaban J connectivity index is 1.65. The maximum Gasteiger partial charge on any atom is 0.233 e. The smallest absolute Gasteiger partial charge is 0.233 e. The van der Waals surface area contributed by atoms with E-state index in [0.29, 0.717) is 26.2 Å². The molecule has 0 aromatic heterocycles. The second-order valence-electron chi connectivity index (χ2n) is 7.78. The van der Waals surface area contributed by atoms with Gasteiger partial charge in [-0.3, -0.25) is 9.59 Å². The van der Waals surface area contributed by atoms with Crippen molar-refractivity contribution in [1.82, 2.24) is 9.80 Å². The van der Waals surface area contributed by atoms with Gasteiger partial charge in [0, 0.05) is 31.6 Å². The third-order valence-corrected chi connectivity index (χ3v) is 4.98. The summed E-state index contributed by atoms with van der Waals surface area (Å²) in [5.74, 6) is 0.417. The number of hydrogen-bond donors (Lipinski definition) is 0. The van der Waals surface area contributed by atoms with Crippen LogP contribution in [0.25, 0.3) is 0 Å².